The van der Waals surface area contributed by atoms with Gasteiger partial charge in [0.25, 0.3) is 0 Å². The molecule has 0 amide bonds. The van der Waals surface area contributed by atoms with Crippen molar-refractivity contribution in [2.24, 2.45) is 0 Å². The topological polar surface area (TPSA) is 0 Å². The van der Waals surface area contributed by atoms with Gasteiger partial charge in [-0.2, -0.15) is 11.8 Å². The summed E-state index contributed by atoms with van der Waals surface area (Å²) in [5.74, 6) is 2.13. The lowest BCUT2D eigenvalue weighted by atomic mass is 10.3. The number of hydrogen-bond acceptors (Lipinski definition) is 1. The van der Waals surface area contributed by atoms with Crippen molar-refractivity contribution in [3.63, 3.8) is 0 Å². The van der Waals surface area contributed by atoms with Crippen molar-refractivity contribution in [3.8, 4) is 0 Å². The van der Waals surface area contributed by atoms with E-state index in [1.54, 1.807) is 0 Å². The summed E-state index contributed by atoms with van der Waals surface area (Å²) in [5.41, 5.74) is 0. The molecule has 0 rings (SSSR count). The second kappa shape index (κ2) is 7.49. The van der Waals surface area contributed by atoms with E-state index in [0.29, 0.717) is 0 Å². The van der Waals surface area contributed by atoms with Gasteiger partial charge in [-0.05, 0) is 12.2 Å². The fraction of sp³-hybridized carbons (Fsp3) is 0.750. The van der Waals surface area contributed by atoms with Crippen LogP contribution in [0.1, 0.15) is 26.2 Å². The summed E-state index contributed by atoms with van der Waals surface area (Å²) < 4.78 is 0. The van der Waals surface area contributed by atoms with E-state index in [9.17, 15) is 0 Å². The minimum atomic E-state index is 0.765. The number of rotatable bonds is 6. The average Bonchev–Trinajstić information content (AvgIpc) is 1.87. The van der Waals surface area contributed by atoms with E-state index in [4.69, 9.17) is 11.6 Å². The fourth-order valence-electron chi connectivity index (χ4n) is 0.637. The van der Waals surface area contributed by atoms with Crippen molar-refractivity contribution < 1.29 is 0 Å². The zero-order valence-corrected chi connectivity index (χ0v) is 8.10. The van der Waals surface area contributed by atoms with Crippen LogP contribution in [-0.4, -0.2) is 11.5 Å². The highest BCUT2D eigenvalue weighted by molar-refractivity contribution is 7.99. The molecule has 0 spiro atoms. The van der Waals surface area contributed by atoms with Gasteiger partial charge in [-0.15, -0.1) is 0 Å². The van der Waals surface area contributed by atoms with Gasteiger partial charge in [0.1, 0.15) is 0 Å². The second-order valence-corrected chi connectivity index (χ2v) is 3.92. The predicted molar refractivity (Wildman–Crippen MR) is 51.8 cm³/mol. The monoisotopic (exact) mass is 178 g/mol. The van der Waals surface area contributed by atoms with Gasteiger partial charge >= 0.3 is 0 Å². The largest absolute Gasteiger partial charge is 0.156 e. The van der Waals surface area contributed by atoms with Gasteiger partial charge < -0.3 is 0 Å². The van der Waals surface area contributed by atoms with E-state index in [0.717, 1.165) is 10.8 Å². The molecule has 0 saturated heterocycles. The summed E-state index contributed by atoms with van der Waals surface area (Å²) in [6, 6.07) is 0. The molecule has 60 valence electrons. The van der Waals surface area contributed by atoms with Gasteiger partial charge in [0, 0.05) is 10.8 Å². The number of halogens is 1. The zero-order chi connectivity index (χ0) is 7.82. The smallest absolute Gasteiger partial charge is 0.0286 e. The molecule has 0 aliphatic heterocycles. The van der Waals surface area contributed by atoms with Gasteiger partial charge in [0.05, 0.1) is 0 Å². The molecule has 0 radical (unpaired) electrons. The third kappa shape index (κ3) is 8.38. The summed E-state index contributed by atoms with van der Waals surface area (Å²) in [6.45, 7) is 5.83. The molecule has 10 heavy (non-hydrogen) atoms. The molecule has 0 aliphatic carbocycles. The maximum absolute atomic E-state index is 5.58. The van der Waals surface area contributed by atoms with E-state index < -0.39 is 0 Å². The van der Waals surface area contributed by atoms with E-state index in [1.165, 1.54) is 25.0 Å². The van der Waals surface area contributed by atoms with Crippen LogP contribution in [0, 0.1) is 0 Å². The average molecular weight is 179 g/mol. The first kappa shape index (κ1) is 10.4. The maximum Gasteiger partial charge on any atom is 0.0286 e. The zero-order valence-electron chi connectivity index (χ0n) is 6.53. The molecular formula is C8H15ClS. The second-order valence-electron chi connectivity index (χ2n) is 2.28. The Balaban J connectivity index is 2.84. The van der Waals surface area contributed by atoms with E-state index in [1.807, 2.05) is 11.8 Å². The Morgan fingerprint density at radius 2 is 2.20 bits per heavy atom. The first-order valence-electron chi connectivity index (χ1n) is 3.68. The van der Waals surface area contributed by atoms with E-state index >= 15 is 0 Å². The molecule has 0 aromatic heterocycles. The van der Waals surface area contributed by atoms with Gasteiger partial charge in [-0.25, -0.2) is 0 Å². The standard InChI is InChI=1S/C8H15ClS/c1-3-4-5-6-10-7-8(2)9/h2-7H2,1H3. The van der Waals surface area contributed by atoms with E-state index in [-0.39, 0.29) is 0 Å². The molecule has 0 saturated carbocycles. The Bertz CT molecular complexity index is 91.3. The van der Waals surface area contributed by atoms with Crippen LogP contribution >= 0.6 is 23.4 Å². The molecule has 0 unspecified atom stereocenters. The van der Waals surface area contributed by atoms with E-state index in [2.05, 4.69) is 13.5 Å². The summed E-state index contributed by atoms with van der Waals surface area (Å²) in [4.78, 5) is 0. The quantitative estimate of drug-likeness (QED) is 0.560. The summed E-state index contributed by atoms with van der Waals surface area (Å²) in [7, 11) is 0. The minimum absolute atomic E-state index is 0.765. The van der Waals surface area contributed by atoms with Crippen molar-refractivity contribution in [1.82, 2.24) is 0 Å². The van der Waals surface area contributed by atoms with Crippen LogP contribution in [0.15, 0.2) is 11.6 Å². The Hall–Kier alpha value is 0.380. The molecule has 0 aromatic carbocycles. The highest BCUT2D eigenvalue weighted by Crippen LogP contribution is 2.11. The van der Waals surface area contributed by atoms with Crippen molar-refractivity contribution >= 4 is 23.4 Å². The SMILES string of the molecule is C=C(Cl)CSCCCCC. The summed E-state index contributed by atoms with van der Waals surface area (Å²) in [5, 5.41) is 0.765. The number of hydrogen-bond donors (Lipinski definition) is 0. The Morgan fingerprint density at radius 1 is 1.50 bits per heavy atom. The normalized spacial score (nSPS) is 9.80. The van der Waals surface area contributed by atoms with Crippen LogP contribution in [0.25, 0.3) is 0 Å². The fourth-order valence-corrected chi connectivity index (χ4v) is 1.64. The highest BCUT2D eigenvalue weighted by Gasteiger charge is 1.89. The maximum atomic E-state index is 5.58. The molecule has 0 aliphatic rings. The lowest BCUT2D eigenvalue weighted by Gasteiger charge is -1.97. The summed E-state index contributed by atoms with van der Waals surface area (Å²) in [6.07, 6.45) is 3.94. The number of unbranched alkanes of at least 4 members (excludes halogenated alkanes) is 2. The molecule has 0 aromatic rings. The van der Waals surface area contributed by atoms with Crippen molar-refractivity contribution in [3.05, 3.63) is 11.6 Å². The van der Waals surface area contributed by atoms with Crippen LogP contribution < -0.4 is 0 Å². The lowest BCUT2D eigenvalue weighted by molar-refractivity contribution is 0.779. The first-order chi connectivity index (χ1) is 4.77. The van der Waals surface area contributed by atoms with Crippen molar-refractivity contribution in [2.45, 2.75) is 26.2 Å². The third-order valence-electron chi connectivity index (χ3n) is 1.15. The lowest BCUT2D eigenvalue weighted by Crippen LogP contribution is -1.82. The van der Waals surface area contributed by atoms with Crippen molar-refractivity contribution in [2.75, 3.05) is 11.5 Å². The van der Waals surface area contributed by atoms with Crippen LogP contribution in [-0.2, 0) is 0 Å². The Labute approximate surface area is 73.0 Å². The molecule has 2 heteroatoms. The minimum Gasteiger partial charge on any atom is -0.156 e. The molecule has 0 fully saturated rings. The van der Waals surface area contributed by atoms with Gasteiger partial charge in [0.15, 0.2) is 0 Å². The molecular weight excluding hydrogens is 164 g/mol. The van der Waals surface area contributed by atoms with Crippen LogP contribution in [0.3, 0.4) is 0 Å². The van der Waals surface area contributed by atoms with Crippen LogP contribution in [0.5, 0.6) is 0 Å². The molecule has 0 heterocycles. The molecule has 0 N–H and O–H groups in total. The Morgan fingerprint density at radius 3 is 2.70 bits per heavy atom. The third-order valence-corrected chi connectivity index (χ3v) is 2.57. The highest BCUT2D eigenvalue weighted by atomic mass is 35.5. The first-order valence-corrected chi connectivity index (χ1v) is 5.21. The van der Waals surface area contributed by atoms with Crippen LogP contribution in [0.2, 0.25) is 0 Å². The van der Waals surface area contributed by atoms with Gasteiger partial charge in [-0.3, -0.25) is 0 Å². The Kier molecular flexibility index (Phi) is 7.77. The number of thioether (sulfide) groups is 1. The molecule has 0 atom stereocenters. The van der Waals surface area contributed by atoms with Crippen LogP contribution in [0.4, 0.5) is 0 Å². The molecule has 0 nitrogen and oxygen atoms in total. The predicted octanol–water partition coefficient (Wildman–Crippen LogP) is 3.66. The van der Waals surface area contributed by atoms with Gasteiger partial charge in [-0.1, -0.05) is 37.9 Å². The van der Waals surface area contributed by atoms with Gasteiger partial charge in [0.2, 0.25) is 0 Å². The van der Waals surface area contributed by atoms with Crippen molar-refractivity contribution in [1.29, 1.82) is 0 Å². The summed E-state index contributed by atoms with van der Waals surface area (Å²) >= 11 is 7.45. The molecule has 0 bridgehead atoms.